The molecule has 2 rings (SSSR count). The molecule has 19 heavy (non-hydrogen) atoms. The van der Waals surface area contributed by atoms with Gasteiger partial charge in [0.25, 0.3) is 0 Å². The molecule has 2 aliphatic rings. The molecular weight excluding hydrogens is 238 g/mol. The number of rotatable bonds is 4. The van der Waals surface area contributed by atoms with Crippen molar-refractivity contribution < 1.29 is 4.79 Å². The lowest BCUT2D eigenvalue weighted by Gasteiger charge is -2.41. The molecule has 0 bridgehead atoms. The van der Waals surface area contributed by atoms with Crippen molar-refractivity contribution in [2.45, 2.75) is 51.6 Å². The Morgan fingerprint density at radius 2 is 2.21 bits per heavy atom. The SMILES string of the molecule is CCN1CCC(N(C)C(=O)CC2CCCN2)C(C)C1. The van der Waals surface area contributed by atoms with E-state index >= 15 is 0 Å². The summed E-state index contributed by atoms with van der Waals surface area (Å²) in [6, 6.07) is 0.845. The van der Waals surface area contributed by atoms with Crippen LogP contribution in [-0.2, 0) is 4.79 Å². The highest BCUT2D eigenvalue weighted by Crippen LogP contribution is 2.22. The number of nitrogens with one attached hydrogen (secondary N) is 1. The molecule has 2 saturated heterocycles. The van der Waals surface area contributed by atoms with Gasteiger partial charge in [-0.15, -0.1) is 0 Å². The fourth-order valence-corrected chi connectivity index (χ4v) is 3.55. The van der Waals surface area contributed by atoms with Crippen molar-refractivity contribution in [2.24, 2.45) is 5.92 Å². The minimum absolute atomic E-state index is 0.321. The molecule has 0 aromatic carbocycles. The molecule has 4 heteroatoms. The number of carbonyl (C=O) groups is 1. The van der Waals surface area contributed by atoms with E-state index in [1.807, 2.05) is 11.9 Å². The number of likely N-dealkylation sites (tertiary alicyclic amines) is 1. The van der Waals surface area contributed by atoms with Gasteiger partial charge in [-0.25, -0.2) is 0 Å². The van der Waals surface area contributed by atoms with E-state index in [1.165, 1.54) is 6.42 Å². The van der Waals surface area contributed by atoms with Crippen molar-refractivity contribution in [2.75, 3.05) is 33.2 Å². The highest BCUT2D eigenvalue weighted by molar-refractivity contribution is 5.77. The fraction of sp³-hybridized carbons (Fsp3) is 0.933. The monoisotopic (exact) mass is 267 g/mol. The second-order valence-electron chi connectivity index (χ2n) is 6.23. The number of nitrogens with zero attached hydrogens (tertiary/aromatic N) is 2. The smallest absolute Gasteiger partial charge is 0.224 e. The summed E-state index contributed by atoms with van der Waals surface area (Å²) in [5.41, 5.74) is 0. The Balaban J connectivity index is 1.84. The van der Waals surface area contributed by atoms with Crippen LogP contribution in [0.25, 0.3) is 0 Å². The minimum Gasteiger partial charge on any atom is -0.342 e. The van der Waals surface area contributed by atoms with Gasteiger partial charge in [0.05, 0.1) is 0 Å². The summed E-state index contributed by atoms with van der Waals surface area (Å²) in [6.45, 7) is 8.96. The van der Waals surface area contributed by atoms with Gasteiger partial charge in [0, 0.05) is 38.6 Å². The molecule has 110 valence electrons. The maximum atomic E-state index is 12.4. The summed E-state index contributed by atoms with van der Waals surface area (Å²) in [7, 11) is 2.00. The molecule has 0 aliphatic carbocycles. The van der Waals surface area contributed by atoms with Crippen LogP contribution in [0.5, 0.6) is 0 Å². The highest BCUT2D eigenvalue weighted by atomic mass is 16.2. The normalized spacial score (nSPS) is 32.5. The van der Waals surface area contributed by atoms with Crippen molar-refractivity contribution in [3.8, 4) is 0 Å². The molecule has 0 aromatic rings. The van der Waals surface area contributed by atoms with E-state index in [-0.39, 0.29) is 0 Å². The van der Waals surface area contributed by atoms with Gasteiger partial charge >= 0.3 is 0 Å². The predicted molar refractivity (Wildman–Crippen MR) is 78.1 cm³/mol. The first kappa shape index (κ1) is 14.8. The van der Waals surface area contributed by atoms with E-state index in [0.717, 1.165) is 39.0 Å². The zero-order valence-electron chi connectivity index (χ0n) is 12.7. The van der Waals surface area contributed by atoms with Crippen LogP contribution in [0.3, 0.4) is 0 Å². The molecule has 0 radical (unpaired) electrons. The van der Waals surface area contributed by atoms with Crippen LogP contribution in [0.15, 0.2) is 0 Å². The molecule has 1 amide bonds. The number of amides is 1. The van der Waals surface area contributed by atoms with Crippen LogP contribution in [0.2, 0.25) is 0 Å². The molecule has 2 fully saturated rings. The Morgan fingerprint density at radius 3 is 2.79 bits per heavy atom. The largest absolute Gasteiger partial charge is 0.342 e. The molecule has 2 aliphatic heterocycles. The van der Waals surface area contributed by atoms with E-state index < -0.39 is 0 Å². The molecule has 1 N–H and O–H groups in total. The second-order valence-corrected chi connectivity index (χ2v) is 6.23. The van der Waals surface area contributed by atoms with E-state index in [2.05, 4.69) is 24.1 Å². The Labute approximate surface area is 117 Å². The Morgan fingerprint density at radius 1 is 1.42 bits per heavy atom. The van der Waals surface area contributed by atoms with Crippen molar-refractivity contribution in [3.05, 3.63) is 0 Å². The van der Waals surface area contributed by atoms with Crippen LogP contribution in [-0.4, -0.2) is 61.0 Å². The highest BCUT2D eigenvalue weighted by Gasteiger charge is 2.31. The molecular formula is C15H29N3O. The third-order valence-corrected chi connectivity index (χ3v) is 4.87. The standard InChI is InChI=1S/C15H29N3O/c1-4-18-9-7-14(12(2)11-18)17(3)15(19)10-13-6-5-8-16-13/h12-14,16H,4-11H2,1-3H3. The summed E-state index contributed by atoms with van der Waals surface area (Å²) >= 11 is 0. The maximum absolute atomic E-state index is 12.4. The van der Waals surface area contributed by atoms with E-state index in [9.17, 15) is 4.79 Å². The molecule has 0 aromatic heterocycles. The zero-order valence-corrected chi connectivity index (χ0v) is 12.7. The lowest BCUT2D eigenvalue weighted by molar-refractivity contribution is -0.134. The first-order valence-electron chi connectivity index (χ1n) is 7.83. The summed E-state index contributed by atoms with van der Waals surface area (Å²) in [6.07, 6.45) is 4.17. The molecule has 3 atom stereocenters. The van der Waals surface area contributed by atoms with Crippen LogP contribution in [0.4, 0.5) is 0 Å². The first-order valence-corrected chi connectivity index (χ1v) is 7.83. The molecule has 0 spiro atoms. The van der Waals surface area contributed by atoms with Gasteiger partial charge in [0.15, 0.2) is 0 Å². The summed E-state index contributed by atoms with van der Waals surface area (Å²) in [5, 5.41) is 3.42. The molecule has 2 heterocycles. The molecule has 3 unspecified atom stereocenters. The minimum atomic E-state index is 0.321. The van der Waals surface area contributed by atoms with Crippen LogP contribution >= 0.6 is 0 Å². The molecule has 4 nitrogen and oxygen atoms in total. The Bertz CT molecular complexity index is 302. The zero-order chi connectivity index (χ0) is 13.8. The van der Waals surface area contributed by atoms with Gasteiger partial charge in [-0.2, -0.15) is 0 Å². The lowest BCUT2D eigenvalue weighted by Crippen LogP contribution is -2.51. The number of hydrogen-bond donors (Lipinski definition) is 1. The maximum Gasteiger partial charge on any atom is 0.224 e. The first-order chi connectivity index (χ1) is 9.11. The van der Waals surface area contributed by atoms with Gasteiger partial charge in [-0.05, 0) is 38.3 Å². The number of piperidine rings is 1. The van der Waals surface area contributed by atoms with E-state index in [1.54, 1.807) is 0 Å². The summed E-state index contributed by atoms with van der Waals surface area (Å²) in [4.78, 5) is 16.9. The third kappa shape index (κ3) is 3.69. The fourth-order valence-electron chi connectivity index (χ4n) is 3.55. The Hall–Kier alpha value is -0.610. The van der Waals surface area contributed by atoms with Gasteiger partial charge in [-0.3, -0.25) is 4.79 Å². The third-order valence-electron chi connectivity index (χ3n) is 4.87. The van der Waals surface area contributed by atoms with Crippen molar-refractivity contribution in [1.82, 2.24) is 15.1 Å². The lowest BCUT2D eigenvalue weighted by atomic mass is 9.92. The summed E-state index contributed by atoms with van der Waals surface area (Å²) < 4.78 is 0. The second kappa shape index (κ2) is 6.71. The number of hydrogen-bond acceptors (Lipinski definition) is 3. The van der Waals surface area contributed by atoms with Gasteiger partial charge in [0.1, 0.15) is 0 Å². The average molecular weight is 267 g/mol. The number of carbonyl (C=O) groups excluding carboxylic acids is 1. The average Bonchev–Trinajstić information content (AvgIpc) is 2.90. The van der Waals surface area contributed by atoms with Gasteiger partial charge in [0.2, 0.25) is 5.91 Å². The van der Waals surface area contributed by atoms with Crippen LogP contribution in [0.1, 0.15) is 39.5 Å². The summed E-state index contributed by atoms with van der Waals surface area (Å²) in [5.74, 6) is 0.903. The van der Waals surface area contributed by atoms with E-state index in [0.29, 0.717) is 30.3 Å². The van der Waals surface area contributed by atoms with Crippen molar-refractivity contribution >= 4 is 5.91 Å². The van der Waals surface area contributed by atoms with Crippen LogP contribution < -0.4 is 5.32 Å². The van der Waals surface area contributed by atoms with Crippen molar-refractivity contribution in [3.63, 3.8) is 0 Å². The quantitative estimate of drug-likeness (QED) is 0.834. The Kier molecular flexibility index (Phi) is 5.22. The van der Waals surface area contributed by atoms with Gasteiger partial charge < -0.3 is 15.1 Å². The van der Waals surface area contributed by atoms with Gasteiger partial charge in [-0.1, -0.05) is 13.8 Å². The van der Waals surface area contributed by atoms with Crippen LogP contribution in [0, 0.1) is 5.92 Å². The van der Waals surface area contributed by atoms with E-state index in [4.69, 9.17) is 0 Å². The molecule has 0 saturated carbocycles. The van der Waals surface area contributed by atoms with Crippen molar-refractivity contribution in [1.29, 1.82) is 0 Å². The topological polar surface area (TPSA) is 35.6 Å². The predicted octanol–water partition coefficient (Wildman–Crippen LogP) is 1.32.